The predicted octanol–water partition coefficient (Wildman–Crippen LogP) is 3.33. The van der Waals surface area contributed by atoms with E-state index >= 15 is 0 Å². The Kier molecular flexibility index (Phi) is 10.9. The van der Waals surface area contributed by atoms with Crippen molar-refractivity contribution in [1.82, 2.24) is 25.4 Å². The van der Waals surface area contributed by atoms with Crippen LogP contribution in [0.1, 0.15) is 50.8 Å². The van der Waals surface area contributed by atoms with Gasteiger partial charge in [-0.3, -0.25) is 0 Å². The van der Waals surface area contributed by atoms with Crippen LogP contribution in [0.5, 0.6) is 11.5 Å². The smallest absolute Gasteiger partial charge is 0.191 e. The Bertz CT molecular complexity index is 839. The van der Waals surface area contributed by atoms with E-state index in [1.54, 1.807) is 0 Å². The molecule has 0 spiro atoms. The van der Waals surface area contributed by atoms with Crippen LogP contribution in [0.3, 0.4) is 0 Å². The molecule has 0 aliphatic carbocycles. The first-order valence-corrected chi connectivity index (χ1v) is 11.1. The van der Waals surface area contributed by atoms with Gasteiger partial charge < -0.3 is 24.7 Å². The number of aryl methyl sites for hydroxylation is 1. The number of hydrogen-bond acceptors (Lipinski definition) is 5. The minimum atomic E-state index is 0. The Hall–Kier alpha value is -2.04. The van der Waals surface area contributed by atoms with Crippen molar-refractivity contribution in [3.05, 3.63) is 35.4 Å². The van der Waals surface area contributed by atoms with Crippen LogP contribution in [0.25, 0.3) is 0 Å². The quantitative estimate of drug-likeness (QED) is 0.272. The molecule has 1 aliphatic heterocycles. The number of rotatable bonds is 10. The number of ether oxygens (including phenoxy) is 2. The van der Waals surface area contributed by atoms with Gasteiger partial charge in [0.25, 0.3) is 0 Å². The highest BCUT2D eigenvalue weighted by Crippen LogP contribution is 2.28. The number of nitrogens with one attached hydrogen (secondary N) is 2. The number of aromatic nitrogens is 3. The highest BCUT2D eigenvalue weighted by Gasteiger charge is 2.15. The number of aliphatic imine (C=N–C) groups is 1. The van der Waals surface area contributed by atoms with E-state index < -0.39 is 0 Å². The fourth-order valence-corrected chi connectivity index (χ4v) is 3.55. The topological polar surface area (TPSA) is 85.6 Å². The van der Waals surface area contributed by atoms with E-state index in [1.165, 1.54) is 18.4 Å². The fourth-order valence-electron chi connectivity index (χ4n) is 3.55. The van der Waals surface area contributed by atoms with Gasteiger partial charge in [-0.2, -0.15) is 0 Å². The molecule has 2 aromatic rings. The van der Waals surface area contributed by atoms with Crippen molar-refractivity contribution in [2.24, 2.45) is 4.99 Å². The summed E-state index contributed by atoms with van der Waals surface area (Å²) in [4.78, 5) is 4.71. The van der Waals surface area contributed by atoms with Gasteiger partial charge in [0.1, 0.15) is 12.4 Å². The van der Waals surface area contributed by atoms with Crippen molar-refractivity contribution in [2.45, 2.75) is 59.5 Å². The summed E-state index contributed by atoms with van der Waals surface area (Å²) in [6.45, 7) is 10.4. The summed E-state index contributed by atoms with van der Waals surface area (Å²) >= 11 is 0. The van der Waals surface area contributed by atoms with Crippen molar-refractivity contribution >= 4 is 29.9 Å². The zero-order valence-corrected chi connectivity index (χ0v) is 21.1. The van der Waals surface area contributed by atoms with E-state index in [0.29, 0.717) is 19.8 Å². The van der Waals surface area contributed by atoms with Gasteiger partial charge in [-0.1, -0.05) is 6.07 Å². The summed E-state index contributed by atoms with van der Waals surface area (Å²) in [5, 5.41) is 15.4. The lowest BCUT2D eigenvalue weighted by Gasteiger charge is -2.15. The minimum Gasteiger partial charge on any atom is -0.490 e. The van der Waals surface area contributed by atoms with Crippen LogP contribution >= 0.6 is 24.0 Å². The summed E-state index contributed by atoms with van der Waals surface area (Å²) in [5.74, 6) is 4.41. The second kappa shape index (κ2) is 13.4. The molecule has 0 atom stereocenters. The molecule has 0 saturated carbocycles. The van der Waals surface area contributed by atoms with E-state index in [9.17, 15) is 0 Å². The molecule has 9 heteroatoms. The van der Waals surface area contributed by atoms with E-state index in [2.05, 4.69) is 44.5 Å². The summed E-state index contributed by atoms with van der Waals surface area (Å²) in [7, 11) is 0. The normalized spacial score (nSPS) is 13.2. The Labute approximate surface area is 202 Å². The van der Waals surface area contributed by atoms with Gasteiger partial charge in [0.15, 0.2) is 23.3 Å². The van der Waals surface area contributed by atoms with Crippen LogP contribution in [-0.4, -0.2) is 47.0 Å². The molecule has 0 bridgehead atoms. The first-order chi connectivity index (χ1) is 14.7. The molecule has 1 aromatic carbocycles. The number of benzene rings is 1. The lowest BCUT2D eigenvalue weighted by molar-refractivity contribution is 0.287. The predicted molar refractivity (Wildman–Crippen MR) is 134 cm³/mol. The lowest BCUT2D eigenvalue weighted by atomic mass is 10.1. The molecule has 0 fully saturated rings. The Morgan fingerprint density at radius 3 is 2.65 bits per heavy atom. The van der Waals surface area contributed by atoms with E-state index in [0.717, 1.165) is 61.6 Å². The van der Waals surface area contributed by atoms with Crippen LogP contribution < -0.4 is 20.1 Å². The summed E-state index contributed by atoms with van der Waals surface area (Å²) in [5.41, 5.74) is 1.19. The van der Waals surface area contributed by atoms with Gasteiger partial charge in [0.05, 0.1) is 13.2 Å². The highest BCUT2D eigenvalue weighted by molar-refractivity contribution is 14.0. The van der Waals surface area contributed by atoms with Crippen molar-refractivity contribution < 1.29 is 9.47 Å². The van der Waals surface area contributed by atoms with Gasteiger partial charge in [-0.15, -0.1) is 34.2 Å². The second-order valence-corrected chi connectivity index (χ2v) is 7.16. The maximum atomic E-state index is 5.72. The average Bonchev–Trinajstić information content (AvgIpc) is 3.17. The van der Waals surface area contributed by atoms with Crippen LogP contribution in [0.2, 0.25) is 0 Å². The largest absolute Gasteiger partial charge is 0.490 e. The molecule has 172 valence electrons. The van der Waals surface area contributed by atoms with Crippen LogP contribution in [0, 0.1) is 0 Å². The Morgan fingerprint density at radius 2 is 1.87 bits per heavy atom. The first kappa shape index (κ1) is 25.2. The second-order valence-electron chi connectivity index (χ2n) is 7.16. The maximum Gasteiger partial charge on any atom is 0.191 e. The molecule has 2 N–H and O–H groups in total. The van der Waals surface area contributed by atoms with Crippen molar-refractivity contribution in [3.8, 4) is 11.5 Å². The monoisotopic (exact) mass is 542 g/mol. The maximum absolute atomic E-state index is 5.72. The third-order valence-electron chi connectivity index (χ3n) is 4.97. The van der Waals surface area contributed by atoms with Gasteiger partial charge in [0, 0.05) is 26.1 Å². The van der Waals surface area contributed by atoms with Gasteiger partial charge in [-0.25, -0.2) is 4.99 Å². The highest BCUT2D eigenvalue weighted by atomic mass is 127. The van der Waals surface area contributed by atoms with Gasteiger partial charge in [-0.05, 0) is 57.7 Å². The molecule has 8 nitrogen and oxygen atoms in total. The number of hydrogen-bond donors (Lipinski definition) is 2. The molecule has 0 radical (unpaired) electrons. The van der Waals surface area contributed by atoms with Crippen molar-refractivity contribution in [3.63, 3.8) is 0 Å². The lowest BCUT2D eigenvalue weighted by Crippen LogP contribution is -2.38. The van der Waals surface area contributed by atoms with Crippen LogP contribution in [0.15, 0.2) is 23.2 Å². The van der Waals surface area contributed by atoms with Crippen LogP contribution in [-0.2, 0) is 25.9 Å². The fraction of sp³-hybridized carbons (Fsp3) is 0.591. The van der Waals surface area contributed by atoms with Gasteiger partial charge >= 0.3 is 0 Å². The number of halogens is 1. The molecule has 0 unspecified atom stereocenters. The molecule has 0 saturated heterocycles. The third-order valence-corrected chi connectivity index (χ3v) is 4.97. The molecule has 0 amide bonds. The summed E-state index contributed by atoms with van der Waals surface area (Å²) in [6, 6.07) is 6.13. The summed E-state index contributed by atoms with van der Waals surface area (Å²) < 4.78 is 13.6. The molecule has 2 heterocycles. The molecule has 3 rings (SSSR count). The van der Waals surface area contributed by atoms with Crippen molar-refractivity contribution in [1.29, 1.82) is 0 Å². The first-order valence-electron chi connectivity index (χ1n) is 11.1. The Morgan fingerprint density at radius 1 is 1.06 bits per heavy atom. The number of nitrogens with zero attached hydrogens (tertiary/aromatic N) is 4. The zero-order chi connectivity index (χ0) is 21.2. The molecular formula is C22H35IN6O2. The molecule has 31 heavy (non-hydrogen) atoms. The zero-order valence-electron chi connectivity index (χ0n) is 18.8. The average molecular weight is 542 g/mol. The Balaban J connectivity index is 0.00000341. The summed E-state index contributed by atoms with van der Waals surface area (Å²) in [6.07, 6.45) is 4.26. The van der Waals surface area contributed by atoms with E-state index in [1.807, 2.05) is 19.9 Å². The van der Waals surface area contributed by atoms with Gasteiger partial charge in [0.2, 0.25) is 0 Å². The third kappa shape index (κ3) is 7.26. The van der Waals surface area contributed by atoms with E-state index in [-0.39, 0.29) is 24.0 Å². The molecule has 1 aromatic heterocycles. The SMILES string of the molecule is CCNC(=NCc1nnc2n1CCCC2)NCCc1ccc(OCC)c(OCC)c1.I. The standard InChI is InChI=1S/C22H34N6O2.HI/c1-4-23-22(25-16-21-27-26-20-9-7-8-14-28(20)21)24-13-12-17-10-11-18(29-5-2)19(15-17)30-6-3;/h10-11,15H,4-9,12-14,16H2,1-3H3,(H2,23,24,25);1H. The number of guanidine groups is 1. The number of fused-ring (bicyclic) bond motifs is 1. The minimum absolute atomic E-state index is 0. The van der Waals surface area contributed by atoms with Crippen LogP contribution in [0.4, 0.5) is 0 Å². The van der Waals surface area contributed by atoms with Crippen molar-refractivity contribution in [2.75, 3.05) is 26.3 Å². The molecular weight excluding hydrogens is 507 g/mol. The molecule has 1 aliphatic rings. The van der Waals surface area contributed by atoms with E-state index in [4.69, 9.17) is 14.5 Å².